The van der Waals surface area contributed by atoms with Gasteiger partial charge in [-0.1, -0.05) is 17.7 Å². The average Bonchev–Trinajstić information content (AvgIpc) is 3.11. The molecule has 1 fully saturated rings. The molecule has 27 heavy (non-hydrogen) atoms. The number of nitrogens with zero attached hydrogens (tertiary/aromatic N) is 5. The predicted octanol–water partition coefficient (Wildman–Crippen LogP) is 2.23. The molecule has 1 saturated heterocycles. The standard InChI is InChI=1S/C17H13ClN6O3/c18-14-11(16(25)21-13-3-1-2-10(9-19)20-13)8-12-15(22-14)23-17(27-12)24-4-6-26-7-5-24/h1-3,8H,4-7H2,(H,20,21,25). The number of morpholine rings is 1. The molecule has 0 saturated carbocycles. The number of oxazole rings is 1. The number of hydrogen-bond donors (Lipinski definition) is 1. The highest BCUT2D eigenvalue weighted by Crippen LogP contribution is 2.26. The van der Waals surface area contributed by atoms with Gasteiger partial charge in [0.2, 0.25) is 5.65 Å². The van der Waals surface area contributed by atoms with Crippen LogP contribution in [0.2, 0.25) is 5.15 Å². The molecule has 1 aliphatic rings. The maximum atomic E-state index is 12.5. The van der Waals surface area contributed by atoms with Crippen LogP contribution in [0.5, 0.6) is 0 Å². The summed E-state index contributed by atoms with van der Waals surface area (Å²) in [6, 6.07) is 8.55. The third kappa shape index (κ3) is 3.53. The maximum absolute atomic E-state index is 12.5. The van der Waals surface area contributed by atoms with E-state index in [2.05, 4.69) is 20.3 Å². The largest absolute Gasteiger partial charge is 0.422 e. The molecular weight excluding hydrogens is 372 g/mol. The second-order valence-corrected chi connectivity index (χ2v) is 6.08. The fourth-order valence-electron chi connectivity index (χ4n) is 2.63. The minimum Gasteiger partial charge on any atom is -0.422 e. The van der Waals surface area contributed by atoms with Crippen LogP contribution in [0.4, 0.5) is 11.8 Å². The van der Waals surface area contributed by atoms with Crippen molar-refractivity contribution < 1.29 is 13.9 Å². The van der Waals surface area contributed by atoms with Crippen LogP contribution in [0.15, 0.2) is 28.7 Å². The highest BCUT2D eigenvalue weighted by Gasteiger charge is 2.21. The summed E-state index contributed by atoms with van der Waals surface area (Å²) in [5.74, 6) is -0.275. The highest BCUT2D eigenvalue weighted by atomic mass is 35.5. The summed E-state index contributed by atoms with van der Waals surface area (Å²) >= 11 is 6.16. The lowest BCUT2D eigenvalue weighted by Gasteiger charge is -2.24. The molecule has 0 radical (unpaired) electrons. The monoisotopic (exact) mass is 384 g/mol. The highest BCUT2D eigenvalue weighted by molar-refractivity contribution is 6.33. The first-order valence-electron chi connectivity index (χ1n) is 8.12. The quantitative estimate of drug-likeness (QED) is 0.683. The van der Waals surface area contributed by atoms with Crippen molar-refractivity contribution in [2.75, 3.05) is 36.5 Å². The molecule has 4 rings (SSSR count). The van der Waals surface area contributed by atoms with Crippen molar-refractivity contribution in [3.8, 4) is 6.07 Å². The van der Waals surface area contributed by atoms with Crippen LogP contribution in [0.3, 0.4) is 0 Å². The second-order valence-electron chi connectivity index (χ2n) is 5.72. The first-order chi connectivity index (χ1) is 13.1. The molecule has 136 valence electrons. The van der Waals surface area contributed by atoms with Gasteiger partial charge in [0, 0.05) is 19.2 Å². The zero-order chi connectivity index (χ0) is 18.8. The van der Waals surface area contributed by atoms with E-state index in [9.17, 15) is 4.79 Å². The van der Waals surface area contributed by atoms with Gasteiger partial charge in [0.1, 0.15) is 22.7 Å². The van der Waals surface area contributed by atoms with Gasteiger partial charge in [-0.15, -0.1) is 0 Å². The molecule has 0 aliphatic carbocycles. The number of nitriles is 1. The number of nitrogens with one attached hydrogen (secondary N) is 1. The number of halogens is 1. The Bertz CT molecular complexity index is 1050. The van der Waals surface area contributed by atoms with E-state index in [1.54, 1.807) is 12.1 Å². The third-order valence-electron chi connectivity index (χ3n) is 3.96. The Balaban J connectivity index is 1.61. The van der Waals surface area contributed by atoms with E-state index in [0.717, 1.165) is 0 Å². The van der Waals surface area contributed by atoms with Crippen LogP contribution in [-0.4, -0.2) is 47.2 Å². The van der Waals surface area contributed by atoms with Gasteiger partial charge in [-0.3, -0.25) is 4.79 Å². The number of carbonyl (C=O) groups is 1. The van der Waals surface area contributed by atoms with E-state index >= 15 is 0 Å². The number of amides is 1. The molecule has 1 amide bonds. The van der Waals surface area contributed by atoms with E-state index < -0.39 is 5.91 Å². The summed E-state index contributed by atoms with van der Waals surface area (Å²) in [5, 5.41) is 11.5. The lowest BCUT2D eigenvalue weighted by Crippen LogP contribution is -2.36. The lowest BCUT2D eigenvalue weighted by molar-refractivity contribution is 0.102. The minimum absolute atomic E-state index is 0.00161. The maximum Gasteiger partial charge on any atom is 0.300 e. The lowest BCUT2D eigenvalue weighted by atomic mass is 10.2. The Morgan fingerprint density at radius 2 is 2.07 bits per heavy atom. The van der Waals surface area contributed by atoms with Crippen LogP contribution in [0, 0.1) is 11.3 Å². The number of anilines is 2. The number of pyridine rings is 2. The number of carbonyl (C=O) groups excluding carboxylic acids is 1. The molecular formula is C17H13ClN6O3. The third-order valence-corrected chi connectivity index (χ3v) is 4.24. The van der Waals surface area contributed by atoms with Crippen molar-refractivity contribution in [1.29, 1.82) is 5.26 Å². The molecule has 1 N–H and O–H groups in total. The zero-order valence-corrected chi connectivity index (χ0v) is 14.7. The first kappa shape index (κ1) is 17.2. The fourth-order valence-corrected chi connectivity index (χ4v) is 2.85. The molecule has 0 bridgehead atoms. The number of hydrogen-bond acceptors (Lipinski definition) is 8. The van der Waals surface area contributed by atoms with Gasteiger partial charge in [-0.05, 0) is 12.1 Å². The Kier molecular flexibility index (Phi) is 4.58. The van der Waals surface area contributed by atoms with Crippen LogP contribution in [-0.2, 0) is 4.74 Å². The summed E-state index contributed by atoms with van der Waals surface area (Å²) in [5.41, 5.74) is 0.989. The second kappa shape index (κ2) is 7.19. The van der Waals surface area contributed by atoms with Crippen LogP contribution < -0.4 is 10.2 Å². The molecule has 1 aliphatic heterocycles. The van der Waals surface area contributed by atoms with Gasteiger partial charge >= 0.3 is 0 Å². The van der Waals surface area contributed by atoms with E-state index in [4.69, 9.17) is 26.0 Å². The van der Waals surface area contributed by atoms with Crippen molar-refractivity contribution >= 4 is 40.6 Å². The van der Waals surface area contributed by atoms with Gasteiger partial charge in [-0.2, -0.15) is 10.2 Å². The fraction of sp³-hybridized carbons (Fsp3) is 0.235. The molecule has 4 heterocycles. The van der Waals surface area contributed by atoms with Gasteiger partial charge < -0.3 is 19.4 Å². The number of fused-ring (bicyclic) bond motifs is 1. The molecule has 3 aromatic heterocycles. The number of ether oxygens (including phenoxy) is 1. The van der Waals surface area contributed by atoms with Crippen molar-refractivity contribution in [2.45, 2.75) is 0 Å². The first-order valence-corrected chi connectivity index (χ1v) is 8.50. The SMILES string of the molecule is N#Cc1cccc(NC(=O)c2cc3oc(N4CCOCC4)nc3nc2Cl)n1. The summed E-state index contributed by atoms with van der Waals surface area (Å²) in [4.78, 5) is 27.0. The number of aromatic nitrogens is 3. The Hall–Kier alpha value is -3.22. The van der Waals surface area contributed by atoms with Crippen molar-refractivity contribution in [2.24, 2.45) is 0 Å². The van der Waals surface area contributed by atoms with Crippen LogP contribution in [0.1, 0.15) is 16.1 Å². The average molecular weight is 385 g/mol. The summed E-state index contributed by atoms with van der Waals surface area (Å²) < 4.78 is 11.1. The van der Waals surface area contributed by atoms with E-state index in [-0.39, 0.29) is 22.2 Å². The Morgan fingerprint density at radius 1 is 1.26 bits per heavy atom. The zero-order valence-electron chi connectivity index (χ0n) is 14.0. The molecule has 0 atom stereocenters. The molecule has 3 aromatic rings. The molecule has 10 heteroatoms. The van der Waals surface area contributed by atoms with Crippen molar-refractivity contribution in [1.82, 2.24) is 15.0 Å². The van der Waals surface area contributed by atoms with Gasteiger partial charge in [0.25, 0.3) is 11.9 Å². The minimum atomic E-state index is -0.513. The normalized spacial score (nSPS) is 14.1. The molecule has 0 unspecified atom stereocenters. The molecule has 0 spiro atoms. The van der Waals surface area contributed by atoms with Crippen molar-refractivity contribution in [3.05, 3.63) is 40.7 Å². The van der Waals surface area contributed by atoms with Crippen molar-refractivity contribution in [3.63, 3.8) is 0 Å². The summed E-state index contributed by atoms with van der Waals surface area (Å²) in [7, 11) is 0. The Morgan fingerprint density at radius 3 is 2.85 bits per heavy atom. The van der Waals surface area contributed by atoms with Gasteiger partial charge in [0.15, 0.2) is 5.58 Å². The summed E-state index contributed by atoms with van der Waals surface area (Å²) in [6.45, 7) is 2.51. The predicted molar refractivity (Wildman–Crippen MR) is 96.8 cm³/mol. The van der Waals surface area contributed by atoms with Gasteiger partial charge in [0.05, 0.1) is 18.8 Å². The molecule has 0 aromatic carbocycles. The van der Waals surface area contributed by atoms with E-state index in [1.165, 1.54) is 12.1 Å². The van der Waals surface area contributed by atoms with E-state index in [0.29, 0.717) is 43.5 Å². The van der Waals surface area contributed by atoms with Crippen LogP contribution >= 0.6 is 11.6 Å². The Labute approximate surface area is 158 Å². The van der Waals surface area contributed by atoms with E-state index in [1.807, 2.05) is 11.0 Å². The van der Waals surface area contributed by atoms with Crippen LogP contribution in [0.25, 0.3) is 11.2 Å². The smallest absolute Gasteiger partial charge is 0.300 e. The molecule has 9 nitrogen and oxygen atoms in total. The summed E-state index contributed by atoms with van der Waals surface area (Å²) in [6.07, 6.45) is 0. The van der Waals surface area contributed by atoms with Gasteiger partial charge in [-0.25, -0.2) is 9.97 Å². The topological polar surface area (TPSA) is 117 Å². The number of rotatable bonds is 3.